The summed E-state index contributed by atoms with van der Waals surface area (Å²) in [6.45, 7) is 6.40. The van der Waals surface area contributed by atoms with Gasteiger partial charge in [-0.25, -0.2) is 4.98 Å². The smallest absolute Gasteiger partial charge is 0.260 e. The molecule has 0 amide bonds. The van der Waals surface area contributed by atoms with Crippen LogP contribution in [0.4, 0.5) is 0 Å². The van der Waals surface area contributed by atoms with E-state index in [0.717, 1.165) is 10.4 Å². The first-order chi connectivity index (χ1) is 13.5. The van der Waals surface area contributed by atoms with Crippen molar-refractivity contribution in [3.63, 3.8) is 0 Å². The van der Waals surface area contributed by atoms with Crippen molar-refractivity contribution in [1.29, 1.82) is 0 Å². The van der Waals surface area contributed by atoms with Gasteiger partial charge >= 0.3 is 0 Å². The standard InChI is InChI=1S/C22H23N3O2S/c1-13(2)19(15-8-5-4-6-9-15)23-14(3)20-24-21(26)18-16(12-28-22(18)25-20)17-10-7-11-27-17/h4-14,19,23H,1-3H3,(H,24,25,26)/t14-,19+/m0/s1. The summed E-state index contributed by atoms with van der Waals surface area (Å²) in [5.41, 5.74) is 1.88. The van der Waals surface area contributed by atoms with Crippen molar-refractivity contribution >= 4 is 21.6 Å². The molecule has 0 aliphatic rings. The van der Waals surface area contributed by atoms with Crippen molar-refractivity contribution in [2.75, 3.05) is 0 Å². The summed E-state index contributed by atoms with van der Waals surface area (Å²) in [5, 5.41) is 6.14. The minimum absolute atomic E-state index is 0.0983. The van der Waals surface area contributed by atoms with Crippen LogP contribution in [0.2, 0.25) is 0 Å². The van der Waals surface area contributed by atoms with Crippen molar-refractivity contribution in [3.05, 3.63) is 75.8 Å². The average Bonchev–Trinajstić information content (AvgIpc) is 3.35. The van der Waals surface area contributed by atoms with Crippen LogP contribution in [0.5, 0.6) is 0 Å². The van der Waals surface area contributed by atoms with E-state index in [1.54, 1.807) is 6.26 Å². The van der Waals surface area contributed by atoms with Gasteiger partial charge in [0.15, 0.2) is 0 Å². The number of thiophene rings is 1. The fourth-order valence-electron chi connectivity index (χ4n) is 3.47. The third-order valence-corrected chi connectivity index (χ3v) is 5.79. The number of hydrogen-bond acceptors (Lipinski definition) is 5. The molecule has 1 aromatic carbocycles. The molecule has 0 saturated heterocycles. The van der Waals surface area contributed by atoms with Crippen molar-refractivity contribution in [2.45, 2.75) is 32.9 Å². The Kier molecular flexibility index (Phi) is 5.15. The zero-order valence-corrected chi connectivity index (χ0v) is 16.9. The molecular formula is C22H23N3O2S. The number of aromatic amines is 1. The Bertz CT molecular complexity index is 1110. The van der Waals surface area contributed by atoms with Crippen LogP contribution < -0.4 is 10.9 Å². The minimum Gasteiger partial charge on any atom is -0.464 e. The maximum absolute atomic E-state index is 12.8. The molecule has 0 unspecified atom stereocenters. The number of H-pyrrole nitrogens is 1. The molecule has 4 aromatic rings. The quantitative estimate of drug-likeness (QED) is 0.467. The van der Waals surface area contributed by atoms with E-state index in [1.807, 2.05) is 42.6 Å². The van der Waals surface area contributed by atoms with Gasteiger partial charge in [0.2, 0.25) is 0 Å². The number of nitrogens with zero attached hydrogens (tertiary/aromatic N) is 1. The Morgan fingerprint density at radius 2 is 1.89 bits per heavy atom. The van der Waals surface area contributed by atoms with Crippen molar-refractivity contribution in [3.8, 4) is 11.3 Å². The van der Waals surface area contributed by atoms with Crippen LogP contribution in [0.25, 0.3) is 21.5 Å². The molecule has 2 N–H and O–H groups in total. The van der Waals surface area contributed by atoms with Crippen LogP contribution >= 0.6 is 11.3 Å². The highest BCUT2D eigenvalue weighted by Crippen LogP contribution is 2.31. The number of rotatable bonds is 6. The maximum Gasteiger partial charge on any atom is 0.260 e. The van der Waals surface area contributed by atoms with Gasteiger partial charge in [-0.15, -0.1) is 11.3 Å². The predicted molar refractivity (Wildman–Crippen MR) is 114 cm³/mol. The van der Waals surface area contributed by atoms with Crippen LogP contribution in [0.15, 0.2) is 63.3 Å². The summed E-state index contributed by atoms with van der Waals surface area (Å²) in [7, 11) is 0. The number of furan rings is 1. The molecule has 28 heavy (non-hydrogen) atoms. The van der Waals surface area contributed by atoms with Gasteiger partial charge in [-0.1, -0.05) is 44.2 Å². The fourth-order valence-corrected chi connectivity index (χ4v) is 4.40. The van der Waals surface area contributed by atoms with Gasteiger partial charge in [0.25, 0.3) is 5.56 Å². The highest BCUT2D eigenvalue weighted by molar-refractivity contribution is 7.17. The molecule has 0 aliphatic heterocycles. The normalized spacial score (nSPS) is 13.9. The molecule has 6 heteroatoms. The average molecular weight is 394 g/mol. The second-order valence-corrected chi connectivity index (χ2v) is 8.14. The minimum atomic E-state index is -0.137. The van der Waals surface area contributed by atoms with Crippen molar-refractivity contribution < 1.29 is 4.42 Å². The van der Waals surface area contributed by atoms with Gasteiger partial charge in [-0.3, -0.25) is 4.79 Å². The van der Waals surface area contributed by atoms with Gasteiger partial charge < -0.3 is 14.7 Å². The number of nitrogens with one attached hydrogen (secondary N) is 2. The van der Waals surface area contributed by atoms with Gasteiger partial charge in [-0.05, 0) is 30.5 Å². The maximum atomic E-state index is 12.8. The molecule has 0 saturated carbocycles. The first-order valence-electron chi connectivity index (χ1n) is 9.41. The third kappa shape index (κ3) is 3.53. The lowest BCUT2D eigenvalue weighted by molar-refractivity contribution is 0.367. The van der Waals surface area contributed by atoms with Crippen LogP contribution in [-0.4, -0.2) is 9.97 Å². The fraction of sp³-hybridized carbons (Fsp3) is 0.273. The molecule has 3 aromatic heterocycles. The molecule has 0 radical (unpaired) electrons. The van der Waals surface area contributed by atoms with Crippen LogP contribution in [0.3, 0.4) is 0 Å². The molecule has 0 aliphatic carbocycles. The molecule has 0 fully saturated rings. The summed E-state index contributed by atoms with van der Waals surface area (Å²) >= 11 is 1.46. The molecule has 5 nitrogen and oxygen atoms in total. The molecule has 0 bridgehead atoms. The van der Waals surface area contributed by atoms with E-state index in [-0.39, 0.29) is 17.6 Å². The zero-order valence-electron chi connectivity index (χ0n) is 16.1. The van der Waals surface area contributed by atoms with E-state index < -0.39 is 0 Å². The summed E-state index contributed by atoms with van der Waals surface area (Å²) in [4.78, 5) is 21.2. The third-order valence-electron chi connectivity index (χ3n) is 4.91. The Labute approximate surface area is 167 Å². The Morgan fingerprint density at radius 3 is 2.57 bits per heavy atom. The molecule has 0 spiro atoms. The SMILES string of the molecule is CC(C)[C@@H](N[C@@H](C)c1nc2scc(-c3ccco3)c2c(=O)[nH]1)c1ccccc1. The Balaban J connectivity index is 1.66. The van der Waals surface area contributed by atoms with Gasteiger partial charge in [0.05, 0.1) is 17.7 Å². The number of hydrogen-bond donors (Lipinski definition) is 2. The first-order valence-corrected chi connectivity index (χ1v) is 10.3. The van der Waals surface area contributed by atoms with Gasteiger partial charge in [0.1, 0.15) is 16.4 Å². The summed E-state index contributed by atoms with van der Waals surface area (Å²) in [6, 6.07) is 14.1. The topological polar surface area (TPSA) is 70.9 Å². The molecule has 144 valence electrons. The number of benzene rings is 1. The highest BCUT2D eigenvalue weighted by Gasteiger charge is 2.21. The van der Waals surface area contributed by atoms with Gasteiger partial charge in [-0.2, -0.15) is 0 Å². The lowest BCUT2D eigenvalue weighted by atomic mass is 9.95. The predicted octanol–water partition coefficient (Wildman–Crippen LogP) is 5.29. The van der Waals surface area contributed by atoms with Gasteiger partial charge in [0, 0.05) is 17.0 Å². The van der Waals surface area contributed by atoms with Crippen LogP contribution in [0.1, 0.15) is 44.2 Å². The first kappa shape index (κ1) is 18.7. The molecular weight excluding hydrogens is 370 g/mol. The van der Waals surface area contributed by atoms with Crippen molar-refractivity contribution in [1.82, 2.24) is 15.3 Å². The highest BCUT2D eigenvalue weighted by atomic mass is 32.1. The van der Waals surface area contributed by atoms with E-state index in [0.29, 0.717) is 22.9 Å². The molecule has 2 atom stereocenters. The van der Waals surface area contributed by atoms with E-state index in [1.165, 1.54) is 16.9 Å². The van der Waals surface area contributed by atoms with Crippen molar-refractivity contribution in [2.24, 2.45) is 5.92 Å². The number of aromatic nitrogens is 2. The van der Waals surface area contributed by atoms with E-state index in [2.05, 4.69) is 36.3 Å². The summed E-state index contributed by atoms with van der Waals surface area (Å²) < 4.78 is 5.46. The van der Waals surface area contributed by atoms with E-state index >= 15 is 0 Å². The lowest BCUT2D eigenvalue weighted by Gasteiger charge is -2.26. The van der Waals surface area contributed by atoms with E-state index in [9.17, 15) is 4.79 Å². The zero-order chi connectivity index (χ0) is 19.7. The lowest BCUT2D eigenvalue weighted by Crippen LogP contribution is -2.30. The largest absolute Gasteiger partial charge is 0.464 e. The second kappa shape index (κ2) is 7.73. The summed E-state index contributed by atoms with van der Waals surface area (Å²) in [6.07, 6.45) is 1.61. The summed E-state index contributed by atoms with van der Waals surface area (Å²) in [5.74, 6) is 1.72. The Hall–Kier alpha value is -2.70. The number of fused-ring (bicyclic) bond motifs is 1. The second-order valence-electron chi connectivity index (χ2n) is 7.28. The monoisotopic (exact) mass is 393 g/mol. The molecule has 3 heterocycles. The Morgan fingerprint density at radius 1 is 1.11 bits per heavy atom. The van der Waals surface area contributed by atoms with E-state index in [4.69, 9.17) is 9.40 Å². The van der Waals surface area contributed by atoms with Crippen LogP contribution in [-0.2, 0) is 0 Å². The van der Waals surface area contributed by atoms with Crippen LogP contribution in [0, 0.1) is 5.92 Å². The molecule has 4 rings (SSSR count).